The van der Waals surface area contributed by atoms with Gasteiger partial charge in [0.1, 0.15) is 5.76 Å². The molecule has 114 valence electrons. The summed E-state index contributed by atoms with van der Waals surface area (Å²) < 4.78 is 8.06. The zero-order valence-corrected chi connectivity index (χ0v) is 12.4. The Labute approximate surface area is 126 Å². The lowest BCUT2D eigenvalue weighted by Crippen LogP contribution is -2.24. The summed E-state index contributed by atoms with van der Waals surface area (Å²) in [7, 11) is 1.72. The number of amides is 1. The first-order valence-corrected chi connectivity index (χ1v) is 6.93. The van der Waals surface area contributed by atoms with Crippen molar-refractivity contribution in [2.45, 2.75) is 19.9 Å². The third-order valence-corrected chi connectivity index (χ3v) is 3.51. The van der Waals surface area contributed by atoms with Gasteiger partial charge in [-0.15, -0.1) is 0 Å². The predicted molar refractivity (Wildman–Crippen MR) is 81.7 cm³/mol. The highest BCUT2D eigenvalue weighted by Gasteiger charge is 2.12. The average molecular weight is 300 g/mol. The van der Waals surface area contributed by atoms with Crippen LogP contribution in [0.15, 0.2) is 39.6 Å². The van der Waals surface area contributed by atoms with Crippen LogP contribution in [0, 0.1) is 6.92 Å². The Morgan fingerprint density at radius 3 is 2.73 bits per heavy atom. The van der Waals surface area contributed by atoms with Crippen molar-refractivity contribution >= 4 is 22.8 Å². The third kappa shape index (κ3) is 2.52. The van der Waals surface area contributed by atoms with Crippen molar-refractivity contribution in [3.05, 3.63) is 46.6 Å². The molecule has 2 heterocycles. The Balaban J connectivity index is 1.75. The molecule has 0 fully saturated rings. The number of hydrogen-bond donors (Lipinski definition) is 1. The van der Waals surface area contributed by atoms with E-state index in [4.69, 9.17) is 4.52 Å². The fourth-order valence-electron chi connectivity index (χ4n) is 2.42. The van der Waals surface area contributed by atoms with Gasteiger partial charge in [-0.25, -0.2) is 4.79 Å². The van der Waals surface area contributed by atoms with Gasteiger partial charge in [0, 0.05) is 26.1 Å². The normalized spacial score (nSPS) is 11.0. The summed E-state index contributed by atoms with van der Waals surface area (Å²) in [5.41, 5.74) is 1.53. The number of fused-ring (bicyclic) bond motifs is 1. The number of carbonyl (C=O) groups excluding carboxylic acids is 1. The Kier molecular flexibility index (Phi) is 3.54. The van der Waals surface area contributed by atoms with Crippen LogP contribution < -0.4 is 11.0 Å². The fourth-order valence-corrected chi connectivity index (χ4v) is 2.42. The highest BCUT2D eigenvalue weighted by atomic mass is 16.5. The Hall–Kier alpha value is -2.83. The molecule has 0 bridgehead atoms. The summed E-state index contributed by atoms with van der Waals surface area (Å²) in [4.78, 5) is 24.2. The number of rotatable bonds is 4. The molecule has 1 amide bonds. The van der Waals surface area contributed by atoms with E-state index < -0.39 is 0 Å². The Bertz CT molecular complexity index is 888. The highest BCUT2D eigenvalue weighted by molar-refractivity contribution is 5.89. The van der Waals surface area contributed by atoms with Crippen LogP contribution in [0.5, 0.6) is 0 Å². The maximum absolute atomic E-state index is 12.2. The van der Waals surface area contributed by atoms with E-state index in [1.807, 2.05) is 24.3 Å². The van der Waals surface area contributed by atoms with Crippen molar-refractivity contribution in [1.29, 1.82) is 0 Å². The maximum atomic E-state index is 12.2. The van der Waals surface area contributed by atoms with E-state index in [1.165, 1.54) is 0 Å². The van der Waals surface area contributed by atoms with Gasteiger partial charge in [0.2, 0.25) is 5.91 Å². The standard InChI is InChI=1S/C15H16N4O3/c1-10-9-13(17-22-10)16-14(20)7-8-19-12-6-4-3-5-11(12)18(2)15(19)21/h3-6,9H,7-8H2,1-2H3,(H,16,17,20). The minimum atomic E-state index is -0.215. The first-order valence-electron chi connectivity index (χ1n) is 6.93. The van der Waals surface area contributed by atoms with Crippen molar-refractivity contribution in [3.63, 3.8) is 0 Å². The van der Waals surface area contributed by atoms with E-state index in [0.717, 1.165) is 11.0 Å². The quantitative estimate of drug-likeness (QED) is 0.794. The number of hydrogen-bond acceptors (Lipinski definition) is 4. The minimum absolute atomic E-state index is 0.133. The summed E-state index contributed by atoms with van der Waals surface area (Å²) >= 11 is 0. The molecular weight excluding hydrogens is 284 g/mol. The molecule has 0 unspecified atom stereocenters. The second kappa shape index (κ2) is 5.51. The number of anilines is 1. The molecule has 0 atom stereocenters. The average Bonchev–Trinajstić information content (AvgIpc) is 3.01. The zero-order valence-electron chi connectivity index (χ0n) is 12.4. The van der Waals surface area contributed by atoms with Crippen LogP contribution in [-0.4, -0.2) is 20.2 Å². The lowest BCUT2D eigenvalue weighted by atomic mass is 10.3. The second-order valence-corrected chi connectivity index (χ2v) is 5.10. The number of aryl methyl sites for hydroxylation is 3. The molecule has 3 rings (SSSR count). The van der Waals surface area contributed by atoms with Gasteiger partial charge in [-0.2, -0.15) is 0 Å². The van der Waals surface area contributed by atoms with Crippen molar-refractivity contribution in [3.8, 4) is 0 Å². The second-order valence-electron chi connectivity index (χ2n) is 5.10. The molecule has 3 aromatic rings. The summed E-state index contributed by atoms with van der Waals surface area (Å²) in [5, 5.41) is 6.34. The van der Waals surface area contributed by atoms with E-state index in [2.05, 4.69) is 10.5 Å². The SMILES string of the molecule is Cc1cc(NC(=O)CCn2c(=O)n(C)c3ccccc32)no1. The zero-order chi connectivity index (χ0) is 15.7. The predicted octanol–water partition coefficient (Wildman–Crippen LogP) is 1.67. The molecular formula is C15H16N4O3. The summed E-state index contributed by atoms with van der Waals surface area (Å²) in [6, 6.07) is 9.14. The fraction of sp³-hybridized carbons (Fsp3) is 0.267. The number of imidazole rings is 1. The van der Waals surface area contributed by atoms with Crippen LogP contribution in [0.25, 0.3) is 11.0 Å². The largest absolute Gasteiger partial charge is 0.360 e. The topological polar surface area (TPSA) is 82.1 Å². The molecule has 7 heteroatoms. The van der Waals surface area contributed by atoms with E-state index in [1.54, 1.807) is 29.2 Å². The molecule has 2 aromatic heterocycles. The molecule has 0 radical (unpaired) electrons. The highest BCUT2D eigenvalue weighted by Crippen LogP contribution is 2.12. The van der Waals surface area contributed by atoms with Crippen LogP contribution in [0.2, 0.25) is 0 Å². The number of aromatic nitrogens is 3. The molecule has 0 saturated heterocycles. The van der Waals surface area contributed by atoms with Gasteiger partial charge in [0.15, 0.2) is 5.82 Å². The summed E-state index contributed by atoms with van der Waals surface area (Å²) in [5.74, 6) is 0.793. The number of nitrogens with one attached hydrogen (secondary N) is 1. The van der Waals surface area contributed by atoms with E-state index in [0.29, 0.717) is 18.1 Å². The Morgan fingerprint density at radius 1 is 1.32 bits per heavy atom. The molecule has 0 saturated carbocycles. The van der Waals surface area contributed by atoms with Crippen molar-refractivity contribution in [2.75, 3.05) is 5.32 Å². The number of nitrogens with zero attached hydrogens (tertiary/aromatic N) is 3. The van der Waals surface area contributed by atoms with Gasteiger partial charge < -0.3 is 9.84 Å². The first kappa shape index (κ1) is 14.1. The third-order valence-electron chi connectivity index (χ3n) is 3.51. The summed E-state index contributed by atoms with van der Waals surface area (Å²) in [6.45, 7) is 2.06. The Morgan fingerprint density at radius 2 is 2.05 bits per heavy atom. The van der Waals surface area contributed by atoms with E-state index in [9.17, 15) is 9.59 Å². The van der Waals surface area contributed by atoms with Crippen LogP contribution in [0.4, 0.5) is 5.82 Å². The molecule has 1 N–H and O–H groups in total. The van der Waals surface area contributed by atoms with Gasteiger partial charge in [-0.05, 0) is 19.1 Å². The smallest absolute Gasteiger partial charge is 0.328 e. The van der Waals surface area contributed by atoms with Gasteiger partial charge in [-0.1, -0.05) is 17.3 Å². The molecule has 1 aromatic carbocycles. The van der Waals surface area contributed by atoms with E-state index >= 15 is 0 Å². The van der Waals surface area contributed by atoms with Crippen molar-refractivity contribution < 1.29 is 9.32 Å². The first-order chi connectivity index (χ1) is 10.6. The maximum Gasteiger partial charge on any atom is 0.328 e. The van der Waals surface area contributed by atoms with Crippen LogP contribution in [0.1, 0.15) is 12.2 Å². The van der Waals surface area contributed by atoms with Crippen molar-refractivity contribution in [2.24, 2.45) is 7.05 Å². The van der Waals surface area contributed by atoms with Gasteiger partial charge in [0.05, 0.1) is 11.0 Å². The molecule has 0 aliphatic heterocycles. The lowest BCUT2D eigenvalue weighted by Gasteiger charge is -2.03. The molecule has 22 heavy (non-hydrogen) atoms. The number of benzene rings is 1. The number of para-hydroxylation sites is 2. The van der Waals surface area contributed by atoms with Crippen LogP contribution in [-0.2, 0) is 18.4 Å². The van der Waals surface area contributed by atoms with Crippen LogP contribution >= 0.6 is 0 Å². The van der Waals surface area contributed by atoms with Gasteiger partial charge in [0.25, 0.3) is 0 Å². The number of carbonyl (C=O) groups is 1. The van der Waals surface area contributed by atoms with Gasteiger partial charge in [-0.3, -0.25) is 13.9 Å². The van der Waals surface area contributed by atoms with Crippen LogP contribution in [0.3, 0.4) is 0 Å². The van der Waals surface area contributed by atoms with Crippen molar-refractivity contribution in [1.82, 2.24) is 14.3 Å². The lowest BCUT2D eigenvalue weighted by molar-refractivity contribution is -0.116. The van der Waals surface area contributed by atoms with Gasteiger partial charge >= 0.3 is 5.69 Å². The molecule has 0 aliphatic rings. The minimum Gasteiger partial charge on any atom is -0.360 e. The molecule has 0 aliphatic carbocycles. The monoisotopic (exact) mass is 300 g/mol. The molecule has 0 spiro atoms. The summed E-state index contributed by atoms with van der Waals surface area (Å²) in [6.07, 6.45) is 0.180. The van der Waals surface area contributed by atoms with E-state index in [-0.39, 0.29) is 18.0 Å². The molecule has 7 nitrogen and oxygen atoms in total.